The van der Waals surface area contributed by atoms with E-state index in [4.69, 9.17) is 4.74 Å². The Labute approximate surface area is 146 Å². The molecule has 0 saturated heterocycles. The Bertz CT molecular complexity index is 836. The van der Waals surface area contributed by atoms with Crippen LogP contribution in [0.25, 0.3) is 0 Å². The zero-order valence-corrected chi connectivity index (χ0v) is 14.7. The number of benzene rings is 2. The summed E-state index contributed by atoms with van der Waals surface area (Å²) in [7, 11) is -2.14. The second-order valence-corrected chi connectivity index (χ2v) is 7.19. The normalized spacial score (nSPS) is 11.2. The summed E-state index contributed by atoms with van der Waals surface area (Å²) in [6, 6.07) is 12.7. The van der Waals surface area contributed by atoms with Crippen LogP contribution in [0.1, 0.15) is 18.4 Å². The SMILES string of the molecule is COc1ccccc1CCCCNS(=O)(=O)c1cccc([N+](=O)[O-])c1. The van der Waals surface area contributed by atoms with Crippen LogP contribution in [-0.2, 0) is 16.4 Å². The van der Waals surface area contributed by atoms with E-state index in [0.717, 1.165) is 30.2 Å². The molecular formula is C17H20N2O5S. The van der Waals surface area contributed by atoms with Crippen LogP contribution in [0.2, 0.25) is 0 Å². The molecule has 134 valence electrons. The first-order chi connectivity index (χ1) is 11.9. The molecule has 0 aliphatic heterocycles. The lowest BCUT2D eigenvalue weighted by atomic mass is 10.1. The number of nitrogens with zero attached hydrogens (tertiary/aromatic N) is 1. The third kappa shape index (κ3) is 5.27. The monoisotopic (exact) mass is 364 g/mol. The maximum atomic E-state index is 12.2. The number of unbranched alkanes of at least 4 members (excludes halogenated alkanes) is 1. The number of hydrogen-bond acceptors (Lipinski definition) is 5. The van der Waals surface area contributed by atoms with Gasteiger partial charge in [-0.15, -0.1) is 0 Å². The van der Waals surface area contributed by atoms with E-state index in [1.165, 1.54) is 18.2 Å². The highest BCUT2D eigenvalue weighted by Crippen LogP contribution is 2.20. The predicted molar refractivity (Wildman–Crippen MR) is 94.2 cm³/mol. The minimum absolute atomic E-state index is 0.105. The Morgan fingerprint density at radius 3 is 2.60 bits per heavy atom. The van der Waals surface area contributed by atoms with Gasteiger partial charge in [0.15, 0.2) is 0 Å². The standard InChI is InChI=1S/C17H20N2O5S/c1-24-17-11-3-2-7-14(17)8-4-5-12-18-25(22,23)16-10-6-9-15(13-16)19(20)21/h2-3,6-7,9-11,13,18H,4-5,8,12H2,1H3. The lowest BCUT2D eigenvalue weighted by Gasteiger charge is -2.09. The fraction of sp³-hybridized carbons (Fsp3) is 0.294. The Kier molecular flexibility index (Phi) is 6.49. The summed E-state index contributed by atoms with van der Waals surface area (Å²) in [5, 5.41) is 10.7. The molecular weight excluding hydrogens is 344 g/mol. The second-order valence-electron chi connectivity index (χ2n) is 5.42. The number of nitro groups is 1. The van der Waals surface area contributed by atoms with Gasteiger partial charge in [-0.1, -0.05) is 24.3 Å². The molecule has 0 fully saturated rings. The molecule has 0 saturated carbocycles. The van der Waals surface area contributed by atoms with Crippen molar-refractivity contribution in [1.29, 1.82) is 0 Å². The predicted octanol–water partition coefficient (Wildman–Crippen LogP) is 2.90. The molecule has 2 aromatic rings. The molecule has 0 unspecified atom stereocenters. The molecule has 0 spiro atoms. The topological polar surface area (TPSA) is 98.5 Å². The number of non-ortho nitro benzene ring substituents is 1. The van der Waals surface area contributed by atoms with Crippen LogP contribution >= 0.6 is 0 Å². The van der Waals surface area contributed by atoms with Gasteiger partial charge in [-0.25, -0.2) is 13.1 Å². The van der Waals surface area contributed by atoms with E-state index in [1.807, 2.05) is 24.3 Å². The minimum atomic E-state index is -3.75. The summed E-state index contributed by atoms with van der Waals surface area (Å²) in [6.07, 6.45) is 2.21. The van der Waals surface area contributed by atoms with Crippen molar-refractivity contribution in [2.24, 2.45) is 0 Å². The lowest BCUT2D eigenvalue weighted by molar-refractivity contribution is -0.385. The van der Waals surface area contributed by atoms with Crippen molar-refractivity contribution in [3.8, 4) is 5.75 Å². The molecule has 0 heterocycles. The third-order valence-electron chi connectivity index (χ3n) is 3.70. The van der Waals surface area contributed by atoms with Crippen molar-refractivity contribution in [1.82, 2.24) is 4.72 Å². The number of ether oxygens (including phenoxy) is 1. The molecule has 0 atom stereocenters. The van der Waals surface area contributed by atoms with Gasteiger partial charge in [0.2, 0.25) is 10.0 Å². The molecule has 1 N–H and O–H groups in total. The van der Waals surface area contributed by atoms with E-state index < -0.39 is 14.9 Å². The smallest absolute Gasteiger partial charge is 0.270 e. The highest BCUT2D eigenvalue weighted by Gasteiger charge is 2.16. The Morgan fingerprint density at radius 1 is 1.12 bits per heavy atom. The third-order valence-corrected chi connectivity index (χ3v) is 5.15. The fourth-order valence-corrected chi connectivity index (χ4v) is 3.52. The molecule has 2 aromatic carbocycles. The van der Waals surface area contributed by atoms with Crippen LogP contribution in [0.3, 0.4) is 0 Å². The number of nitrogens with one attached hydrogen (secondary N) is 1. The van der Waals surface area contributed by atoms with E-state index in [2.05, 4.69) is 4.72 Å². The van der Waals surface area contributed by atoms with Gasteiger partial charge in [-0.2, -0.15) is 0 Å². The number of sulfonamides is 1. The maximum absolute atomic E-state index is 12.2. The van der Waals surface area contributed by atoms with E-state index in [1.54, 1.807) is 7.11 Å². The van der Waals surface area contributed by atoms with Gasteiger partial charge in [0.25, 0.3) is 5.69 Å². The maximum Gasteiger partial charge on any atom is 0.270 e. The molecule has 0 aliphatic carbocycles. The summed E-state index contributed by atoms with van der Waals surface area (Å²) in [4.78, 5) is 10.0. The first-order valence-corrected chi connectivity index (χ1v) is 9.28. The molecule has 2 rings (SSSR count). The van der Waals surface area contributed by atoms with Crippen LogP contribution in [0.15, 0.2) is 53.4 Å². The number of methoxy groups -OCH3 is 1. The van der Waals surface area contributed by atoms with Gasteiger partial charge in [0, 0.05) is 18.7 Å². The van der Waals surface area contributed by atoms with Crippen LogP contribution in [-0.4, -0.2) is 27.0 Å². The van der Waals surface area contributed by atoms with Gasteiger partial charge < -0.3 is 4.74 Å². The lowest BCUT2D eigenvalue weighted by Crippen LogP contribution is -2.24. The first-order valence-electron chi connectivity index (χ1n) is 7.80. The zero-order valence-electron chi connectivity index (χ0n) is 13.8. The quantitative estimate of drug-likeness (QED) is 0.419. The van der Waals surface area contributed by atoms with Crippen molar-refractivity contribution in [3.05, 3.63) is 64.2 Å². The molecule has 0 aliphatic rings. The molecule has 0 amide bonds. The van der Waals surface area contributed by atoms with Crippen molar-refractivity contribution in [3.63, 3.8) is 0 Å². The van der Waals surface area contributed by atoms with Gasteiger partial charge in [0.05, 0.1) is 16.9 Å². The van der Waals surface area contributed by atoms with Gasteiger partial charge in [-0.3, -0.25) is 10.1 Å². The Morgan fingerprint density at radius 2 is 1.88 bits per heavy atom. The van der Waals surface area contributed by atoms with Crippen LogP contribution in [0, 0.1) is 10.1 Å². The summed E-state index contributed by atoms with van der Waals surface area (Å²) in [5.74, 6) is 0.819. The largest absolute Gasteiger partial charge is 0.496 e. The second kappa shape index (κ2) is 8.59. The molecule has 0 bridgehead atoms. The van der Waals surface area contributed by atoms with E-state index in [9.17, 15) is 18.5 Å². The highest BCUT2D eigenvalue weighted by molar-refractivity contribution is 7.89. The molecule has 8 heteroatoms. The van der Waals surface area contributed by atoms with Crippen molar-refractivity contribution in [2.75, 3.05) is 13.7 Å². The van der Waals surface area contributed by atoms with Crippen molar-refractivity contribution >= 4 is 15.7 Å². The average Bonchev–Trinajstić information content (AvgIpc) is 2.61. The van der Waals surface area contributed by atoms with Gasteiger partial charge >= 0.3 is 0 Å². The van der Waals surface area contributed by atoms with Crippen LogP contribution in [0.5, 0.6) is 5.75 Å². The summed E-state index contributed by atoms with van der Waals surface area (Å²) >= 11 is 0. The molecule has 25 heavy (non-hydrogen) atoms. The van der Waals surface area contributed by atoms with Crippen molar-refractivity contribution < 1.29 is 18.1 Å². The number of aryl methyl sites for hydroxylation is 1. The Balaban J connectivity index is 1.86. The molecule has 0 radical (unpaired) electrons. The molecule has 0 aromatic heterocycles. The van der Waals surface area contributed by atoms with E-state index >= 15 is 0 Å². The van der Waals surface area contributed by atoms with Crippen LogP contribution < -0.4 is 9.46 Å². The first kappa shape index (κ1) is 18.9. The molecule has 7 nitrogen and oxygen atoms in total. The van der Waals surface area contributed by atoms with Gasteiger partial charge in [-0.05, 0) is 37.0 Å². The average molecular weight is 364 g/mol. The zero-order chi connectivity index (χ0) is 18.3. The summed E-state index contributed by atoms with van der Waals surface area (Å²) in [5.41, 5.74) is 0.825. The number of para-hydroxylation sites is 1. The number of nitro benzene ring substituents is 1. The highest BCUT2D eigenvalue weighted by atomic mass is 32.2. The van der Waals surface area contributed by atoms with Crippen molar-refractivity contribution in [2.45, 2.75) is 24.2 Å². The summed E-state index contributed by atoms with van der Waals surface area (Å²) < 4.78 is 32.1. The van der Waals surface area contributed by atoms with E-state index in [0.29, 0.717) is 6.42 Å². The Hall–Kier alpha value is -2.45. The van der Waals surface area contributed by atoms with E-state index in [-0.39, 0.29) is 17.1 Å². The van der Waals surface area contributed by atoms with Crippen LogP contribution in [0.4, 0.5) is 5.69 Å². The number of rotatable bonds is 9. The minimum Gasteiger partial charge on any atom is -0.496 e. The fourth-order valence-electron chi connectivity index (χ4n) is 2.40. The number of hydrogen-bond donors (Lipinski definition) is 1. The van der Waals surface area contributed by atoms with Gasteiger partial charge in [0.1, 0.15) is 5.75 Å². The summed E-state index contributed by atoms with van der Waals surface area (Å²) in [6.45, 7) is 0.264.